The summed E-state index contributed by atoms with van der Waals surface area (Å²) in [5.41, 5.74) is 1.11. The van der Waals surface area contributed by atoms with E-state index in [1.54, 1.807) is 25.3 Å². The van der Waals surface area contributed by atoms with Crippen LogP contribution in [0.15, 0.2) is 27.0 Å². The second kappa shape index (κ2) is 5.40. The number of pyridine rings is 1. The maximum atomic E-state index is 12.3. The minimum absolute atomic E-state index is 0.126. The fraction of sp³-hybridized carbons (Fsp3) is 0.182. The molecule has 2 rings (SSSR count). The molecule has 0 aliphatic carbocycles. The molecule has 1 N–H and O–H groups in total. The Kier molecular flexibility index (Phi) is 4.20. The first-order valence-corrected chi connectivity index (χ1v) is 8.67. The smallest absolute Gasteiger partial charge is 0.263 e. The maximum Gasteiger partial charge on any atom is 0.263 e. The summed E-state index contributed by atoms with van der Waals surface area (Å²) < 4.78 is 27.8. The largest absolute Gasteiger partial charge is 0.276 e. The summed E-state index contributed by atoms with van der Waals surface area (Å²) in [4.78, 5) is 4.86. The molecule has 0 fully saturated rings. The molecule has 8 heteroatoms. The van der Waals surface area contributed by atoms with Crippen molar-refractivity contribution in [3.63, 3.8) is 0 Å². The topological polar surface area (TPSA) is 59.1 Å². The lowest BCUT2D eigenvalue weighted by molar-refractivity contribution is 0.601. The summed E-state index contributed by atoms with van der Waals surface area (Å²) >= 11 is 10.5. The molecule has 0 amide bonds. The average Bonchev–Trinajstić information content (AvgIpc) is 2.63. The van der Waals surface area contributed by atoms with E-state index in [9.17, 15) is 8.42 Å². The molecule has 0 atom stereocenters. The second-order valence-corrected chi connectivity index (χ2v) is 8.57. The first-order valence-electron chi connectivity index (χ1n) is 5.20. The highest BCUT2D eigenvalue weighted by Gasteiger charge is 2.20. The fourth-order valence-corrected chi connectivity index (χ4v) is 5.20. The summed E-state index contributed by atoms with van der Waals surface area (Å²) in [5, 5.41) is 0.126. The number of anilines is 1. The molecule has 102 valence electrons. The van der Waals surface area contributed by atoms with Crippen LogP contribution in [0.5, 0.6) is 0 Å². The van der Waals surface area contributed by atoms with E-state index in [1.807, 2.05) is 6.92 Å². The van der Waals surface area contributed by atoms with E-state index in [0.717, 1.165) is 9.35 Å². The van der Waals surface area contributed by atoms with Gasteiger partial charge in [0, 0.05) is 11.1 Å². The molecule has 0 spiro atoms. The first-order chi connectivity index (χ1) is 8.79. The Morgan fingerprint density at radius 2 is 2.05 bits per heavy atom. The van der Waals surface area contributed by atoms with Crippen LogP contribution in [0.1, 0.15) is 10.4 Å². The van der Waals surface area contributed by atoms with E-state index in [1.165, 1.54) is 11.3 Å². The van der Waals surface area contributed by atoms with E-state index >= 15 is 0 Å². The highest BCUT2D eigenvalue weighted by Crippen LogP contribution is 2.31. The molecular weight excluding hydrogens is 372 g/mol. The fourth-order valence-electron chi connectivity index (χ4n) is 1.52. The molecular formula is C11H10BrClN2O2S2. The van der Waals surface area contributed by atoms with Gasteiger partial charge in [0.25, 0.3) is 10.0 Å². The molecule has 19 heavy (non-hydrogen) atoms. The van der Waals surface area contributed by atoms with Crippen LogP contribution < -0.4 is 4.72 Å². The number of sulfonamides is 1. The molecule has 0 saturated heterocycles. The van der Waals surface area contributed by atoms with Gasteiger partial charge in [-0.1, -0.05) is 11.6 Å². The van der Waals surface area contributed by atoms with Crippen molar-refractivity contribution in [2.75, 3.05) is 4.72 Å². The SMILES string of the molecule is Cc1cnc(Cl)c(NS(=O)(=O)c2cc(Br)sc2C)c1. The lowest BCUT2D eigenvalue weighted by Gasteiger charge is -2.09. The van der Waals surface area contributed by atoms with Crippen LogP contribution in [-0.2, 0) is 10.0 Å². The molecule has 0 bridgehead atoms. The number of halogens is 2. The van der Waals surface area contributed by atoms with E-state index in [0.29, 0.717) is 4.88 Å². The number of aryl methyl sites for hydroxylation is 2. The first kappa shape index (κ1) is 14.8. The zero-order chi connectivity index (χ0) is 14.2. The number of rotatable bonds is 3. The normalized spacial score (nSPS) is 11.6. The summed E-state index contributed by atoms with van der Waals surface area (Å²) in [6, 6.07) is 3.21. The van der Waals surface area contributed by atoms with Crippen molar-refractivity contribution in [3.05, 3.63) is 37.7 Å². The number of nitrogens with one attached hydrogen (secondary N) is 1. The van der Waals surface area contributed by atoms with Crippen LogP contribution >= 0.6 is 38.9 Å². The van der Waals surface area contributed by atoms with Crippen molar-refractivity contribution in [3.8, 4) is 0 Å². The lowest BCUT2D eigenvalue weighted by Crippen LogP contribution is -2.13. The van der Waals surface area contributed by atoms with Gasteiger partial charge in [-0.15, -0.1) is 11.3 Å². The van der Waals surface area contributed by atoms with Crippen molar-refractivity contribution < 1.29 is 8.42 Å². The Morgan fingerprint density at radius 1 is 1.37 bits per heavy atom. The van der Waals surface area contributed by atoms with Gasteiger partial charge in [-0.05, 0) is 47.5 Å². The number of thiophene rings is 1. The maximum absolute atomic E-state index is 12.3. The van der Waals surface area contributed by atoms with Crippen LogP contribution in [0.2, 0.25) is 5.15 Å². The highest BCUT2D eigenvalue weighted by atomic mass is 79.9. The molecule has 0 aromatic carbocycles. The summed E-state index contributed by atoms with van der Waals surface area (Å²) in [6.45, 7) is 3.56. The number of aromatic nitrogens is 1. The molecule has 0 saturated carbocycles. The van der Waals surface area contributed by atoms with Gasteiger partial charge in [0.05, 0.1) is 9.47 Å². The molecule has 0 radical (unpaired) electrons. The Balaban J connectivity index is 2.42. The summed E-state index contributed by atoms with van der Waals surface area (Å²) in [6.07, 6.45) is 1.58. The Bertz CT molecular complexity index is 728. The van der Waals surface area contributed by atoms with E-state index in [4.69, 9.17) is 11.6 Å². The van der Waals surface area contributed by atoms with Crippen LogP contribution in [0, 0.1) is 13.8 Å². The van der Waals surface area contributed by atoms with E-state index in [2.05, 4.69) is 25.6 Å². The van der Waals surface area contributed by atoms with Gasteiger partial charge >= 0.3 is 0 Å². The Morgan fingerprint density at radius 3 is 2.63 bits per heavy atom. The van der Waals surface area contributed by atoms with Crippen molar-refractivity contribution in [2.45, 2.75) is 18.7 Å². The van der Waals surface area contributed by atoms with E-state index < -0.39 is 10.0 Å². The highest BCUT2D eigenvalue weighted by molar-refractivity contribution is 9.11. The summed E-state index contributed by atoms with van der Waals surface area (Å²) in [7, 11) is -3.66. The minimum atomic E-state index is -3.66. The van der Waals surface area contributed by atoms with Gasteiger partial charge in [-0.3, -0.25) is 4.72 Å². The van der Waals surface area contributed by atoms with Crippen LogP contribution in [0.3, 0.4) is 0 Å². The Labute approximate surface area is 129 Å². The zero-order valence-electron chi connectivity index (χ0n) is 10.1. The second-order valence-electron chi connectivity index (χ2n) is 3.93. The molecule has 2 heterocycles. The minimum Gasteiger partial charge on any atom is -0.276 e. The molecule has 2 aromatic rings. The van der Waals surface area contributed by atoms with Crippen molar-refractivity contribution in [1.82, 2.24) is 4.98 Å². The van der Waals surface area contributed by atoms with Crippen LogP contribution in [-0.4, -0.2) is 13.4 Å². The predicted molar refractivity (Wildman–Crippen MR) is 81.5 cm³/mol. The van der Waals surface area contributed by atoms with Gasteiger partial charge in [-0.25, -0.2) is 13.4 Å². The number of hydrogen-bond donors (Lipinski definition) is 1. The standard InChI is InChI=1S/C11H10BrClN2O2S2/c1-6-3-8(11(13)14-5-6)15-19(16,17)9-4-10(12)18-7(9)2/h3-5,15H,1-2H3. The molecule has 0 aliphatic rings. The van der Waals surface area contributed by atoms with Crippen molar-refractivity contribution in [1.29, 1.82) is 0 Å². The van der Waals surface area contributed by atoms with Crippen LogP contribution in [0.4, 0.5) is 5.69 Å². The lowest BCUT2D eigenvalue weighted by atomic mass is 10.3. The predicted octanol–water partition coefficient (Wildman–Crippen LogP) is 3.98. The van der Waals surface area contributed by atoms with Gasteiger partial charge in [0.1, 0.15) is 4.90 Å². The molecule has 0 unspecified atom stereocenters. The van der Waals surface area contributed by atoms with Gasteiger partial charge in [-0.2, -0.15) is 0 Å². The van der Waals surface area contributed by atoms with Gasteiger partial charge in [0.15, 0.2) is 5.15 Å². The third-order valence-corrected chi connectivity index (χ3v) is 5.83. The quantitative estimate of drug-likeness (QED) is 0.818. The van der Waals surface area contributed by atoms with Gasteiger partial charge in [0.2, 0.25) is 0 Å². The number of hydrogen-bond acceptors (Lipinski definition) is 4. The zero-order valence-corrected chi connectivity index (χ0v) is 14.0. The molecule has 0 aliphatic heterocycles. The monoisotopic (exact) mass is 380 g/mol. The third-order valence-electron chi connectivity index (χ3n) is 2.35. The average molecular weight is 382 g/mol. The van der Waals surface area contributed by atoms with Gasteiger partial charge < -0.3 is 0 Å². The van der Waals surface area contributed by atoms with E-state index in [-0.39, 0.29) is 15.7 Å². The van der Waals surface area contributed by atoms with Crippen molar-refractivity contribution in [2.24, 2.45) is 0 Å². The van der Waals surface area contributed by atoms with Crippen molar-refractivity contribution >= 4 is 54.6 Å². The molecule has 2 aromatic heterocycles. The number of nitrogens with zero attached hydrogens (tertiary/aromatic N) is 1. The van der Waals surface area contributed by atoms with Crippen LogP contribution in [0.25, 0.3) is 0 Å². The molecule has 4 nitrogen and oxygen atoms in total. The summed E-state index contributed by atoms with van der Waals surface area (Å²) in [5.74, 6) is 0. The Hall–Kier alpha value is -0.630. The third kappa shape index (κ3) is 3.28.